The molecule has 4 heterocycles. The van der Waals surface area contributed by atoms with Crippen molar-refractivity contribution in [3.05, 3.63) is 233 Å². The molecular formula is C69H59BN2OS. The van der Waals surface area contributed by atoms with Crippen molar-refractivity contribution in [3.63, 3.8) is 0 Å². The fraction of sp³-hybridized carbons (Fsp3) is 0.188. The van der Waals surface area contributed by atoms with Gasteiger partial charge >= 0.3 is 0 Å². The summed E-state index contributed by atoms with van der Waals surface area (Å²) >= 11 is 1.94. The molecule has 0 saturated carbocycles. The first-order valence-electron chi connectivity index (χ1n) is 26.4. The number of rotatable bonds is 3. The molecule has 0 radical (unpaired) electrons. The smallest absolute Gasteiger partial charge is 0.254 e. The second kappa shape index (κ2) is 15.7. The molecule has 14 rings (SSSR count). The Morgan fingerprint density at radius 2 is 0.946 bits per heavy atom. The molecule has 74 heavy (non-hydrogen) atoms. The monoisotopic (exact) mass is 974 g/mol. The van der Waals surface area contributed by atoms with Gasteiger partial charge in [0.25, 0.3) is 6.71 Å². The van der Waals surface area contributed by atoms with E-state index in [4.69, 9.17) is 4.74 Å². The Labute approximate surface area is 440 Å². The molecule has 0 bridgehead atoms. The van der Waals surface area contributed by atoms with Crippen LogP contribution >= 0.6 is 11.3 Å². The van der Waals surface area contributed by atoms with Crippen molar-refractivity contribution < 1.29 is 4.74 Å². The van der Waals surface area contributed by atoms with Crippen LogP contribution in [-0.2, 0) is 21.7 Å². The molecular weight excluding hydrogens is 916 g/mol. The molecule has 1 aliphatic carbocycles. The van der Waals surface area contributed by atoms with Crippen molar-refractivity contribution in [3.8, 4) is 33.8 Å². The highest BCUT2D eigenvalue weighted by Gasteiger charge is 2.53. The number of anilines is 6. The number of nitrogens with zero attached hydrogens (tertiary/aromatic N) is 2. The van der Waals surface area contributed by atoms with Crippen molar-refractivity contribution in [2.24, 2.45) is 0 Å². The second-order valence-corrected chi connectivity index (χ2v) is 25.2. The highest BCUT2D eigenvalue weighted by molar-refractivity contribution is 7.26. The van der Waals surface area contributed by atoms with Crippen LogP contribution in [0.4, 0.5) is 33.4 Å². The highest BCUT2D eigenvalue weighted by Crippen LogP contribution is 2.63. The lowest BCUT2D eigenvalue weighted by Crippen LogP contribution is -2.61. The van der Waals surface area contributed by atoms with Crippen molar-refractivity contribution in [1.82, 2.24) is 0 Å². The SMILES string of the molecule is CC(C)(C)c1ccc(N2c3cc4c(cc3B3c5c2cc(-c2ccccc2)cc5N(c2ccc(C(C)(C)C)cc2)c2sc5ccc(C(C)(C)C)cc5c23)-c2ccccc2C42c3ccccc3Oc3ccccc32)cc1. The van der Waals surface area contributed by atoms with E-state index >= 15 is 0 Å². The summed E-state index contributed by atoms with van der Waals surface area (Å²) in [5, 5.41) is 2.61. The maximum absolute atomic E-state index is 6.85. The van der Waals surface area contributed by atoms with Gasteiger partial charge in [-0.3, -0.25) is 0 Å². The molecule has 0 fully saturated rings. The third-order valence-corrected chi connectivity index (χ3v) is 17.8. The van der Waals surface area contributed by atoms with Crippen LogP contribution in [0.25, 0.3) is 32.3 Å². The molecule has 4 aliphatic rings. The van der Waals surface area contributed by atoms with Gasteiger partial charge in [-0.25, -0.2) is 0 Å². The number of hydrogen-bond donors (Lipinski definition) is 0. The van der Waals surface area contributed by atoms with Crippen LogP contribution in [0, 0.1) is 0 Å². The fourth-order valence-electron chi connectivity index (χ4n) is 12.9. The molecule has 9 aromatic carbocycles. The van der Waals surface area contributed by atoms with Crippen molar-refractivity contribution in [1.29, 1.82) is 0 Å². The van der Waals surface area contributed by atoms with Crippen LogP contribution in [-0.4, -0.2) is 6.71 Å². The minimum absolute atomic E-state index is 0.00993. The first-order valence-corrected chi connectivity index (χ1v) is 27.2. The number of thiophene rings is 1. The zero-order valence-corrected chi connectivity index (χ0v) is 44.6. The molecule has 0 atom stereocenters. The van der Waals surface area contributed by atoms with Crippen molar-refractivity contribution in [2.45, 2.75) is 84.0 Å². The Bertz CT molecular complexity index is 3900. The molecule has 3 aliphatic heterocycles. The Balaban J connectivity index is 1.15. The van der Waals surface area contributed by atoms with Gasteiger partial charge in [0.1, 0.15) is 11.5 Å². The highest BCUT2D eigenvalue weighted by atomic mass is 32.1. The maximum Gasteiger partial charge on any atom is 0.254 e. The number of para-hydroxylation sites is 2. The van der Waals surface area contributed by atoms with E-state index in [0.717, 1.165) is 17.2 Å². The number of hydrogen-bond acceptors (Lipinski definition) is 4. The zero-order chi connectivity index (χ0) is 50.6. The van der Waals surface area contributed by atoms with Crippen LogP contribution in [0.3, 0.4) is 0 Å². The lowest BCUT2D eigenvalue weighted by molar-refractivity contribution is 0.436. The normalized spacial score (nSPS) is 14.7. The minimum atomic E-state index is -0.629. The molecule has 0 saturated heterocycles. The average Bonchev–Trinajstić information content (AvgIpc) is 3.95. The van der Waals surface area contributed by atoms with Gasteiger partial charge in [-0.1, -0.05) is 196 Å². The predicted molar refractivity (Wildman–Crippen MR) is 315 cm³/mol. The van der Waals surface area contributed by atoms with Gasteiger partial charge in [0.05, 0.1) is 10.4 Å². The van der Waals surface area contributed by atoms with Crippen LogP contribution in [0.15, 0.2) is 194 Å². The molecule has 5 heteroatoms. The van der Waals surface area contributed by atoms with E-state index in [9.17, 15) is 0 Å². The van der Waals surface area contributed by atoms with Gasteiger partial charge in [-0.2, -0.15) is 0 Å². The summed E-state index contributed by atoms with van der Waals surface area (Å²) in [5.74, 6) is 1.80. The van der Waals surface area contributed by atoms with E-state index in [2.05, 4.69) is 266 Å². The van der Waals surface area contributed by atoms with Crippen molar-refractivity contribution >= 4 is 78.0 Å². The van der Waals surface area contributed by atoms with Crippen LogP contribution in [0.5, 0.6) is 11.5 Å². The van der Waals surface area contributed by atoms with E-state index in [0.29, 0.717) is 0 Å². The topological polar surface area (TPSA) is 15.7 Å². The van der Waals surface area contributed by atoms with Gasteiger partial charge in [-0.15, -0.1) is 11.3 Å². The van der Waals surface area contributed by atoms with E-state index in [1.165, 1.54) is 115 Å². The van der Waals surface area contributed by atoms with Gasteiger partial charge in [0.15, 0.2) is 0 Å². The lowest BCUT2D eigenvalue weighted by Gasteiger charge is -2.44. The molecule has 1 spiro atoms. The first kappa shape index (κ1) is 45.1. The molecule has 1 aromatic heterocycles. The Morgan fingerprint density at radius 1 is 0.419 bits per heavy atom. The number of fused-ring (bicyclic) bond motifs is 15. The Hall–Kier alpha value is -7.60. The molecule has 0 unspecified atom stereocenters. The quantitative estimate of drug-likeness (QED) is 0.164. The lowest BCUT2D eigenvalue weighted by atomic mass is 9.33. The van der Waals surface area contributed by atoms with E-state index in [1.807, 2.05) is 11.3 Å². The zero-order valence-electron chi connectivity index (χ0n) is 43.8. The largest absolute Gasteiger partial charge is 0.457 e. The summed E-state index contributed by atoms with van der Waals surface area (Å²) in [6, 6.07) is 74.0. The molecule has 10 aromatic rings. The second-order valence-electron chi connectivity index (χ2n) is 24.1. The predicted octanol–water partition coefficient (Wildman–Crippen LogP) is 17.0. The van der Waals surface area contributed by atoms with Crippen LogP contribution in [0.1, 0.15) is 101 Å². The van der Waals surface area contributed by atoms with E-state index in [-0.39, 0.29) is 23.0 Å². The van der Waals surface area contributed by atoms with Gasteiger partial charge < -0.3 is 14.5 Å². The van der Waals surface area contributed by atoms with Crippen molar-refractivity contribution in [2.75, 3.05) is 9.80 Å². The van der Waals surface area contributed by atoms with Gasteiger partial charge in [-0.05, 0) is 149 Å². The summed E-state index contributed by atoms with van der Waals surface area (Å²) in [6.07, 6.45) is 0. The van der Waals surface area contributed by atoms with E-state index < -0.39 is 5.41 Å². The standard InChI is InChI=1S/C69H59BN2OS/c1-66(2,3)44-27-32-47(33-28-44)71-57-41-55-50(49-21-13-14-22-52(49)69(55)53-23-15-17-25-60(53)73-61-26-18-16-24-54(61)69)40-56(57)70-63-51-39-46(68(7,8)9)31-36-62(51)74-65(63)72(48-34-29-45(30-35-48)67(4,5)6)59-38-43(37-58(71)64(59)70)42-19-11-10-12-20-42/h10-41H,1-9H3. The summed E-state index contributed by atoms with van der Waals surface area (Å²) in [7, 11) is 0. The van der Waals surface area contributed by atoms with E-state index in [1.54, 1.807) is 0 Å². The molecule has 360 valence electrons. The third-order valence-electron chi connectivity index (χ3n) is 16.6. The summed E-state index contributed by atoms with van der Waals surface area (Å²) in [6.45, 7) is 20.8. The average molecular weight is 975 g/mol. The third kappa shape index (κ3) is 6.45. The first-order chi connectivity index (χ1) is 35.6. The molecule has 0 amide bonds. The molecule has 0 N–H and O–H groups in total. The summed E-state index contributed by atoms with van der Waals surface area (Å²) in [5.41, 5.74) is 23.1. The number of benzene rings is 9. The van der Waals surface area contributed by atoms with Gasteiger partial charge in [0, 0.05) is 44.3 Å². The van der Waals surface area contributed by atoms with Crippen LogP contribution < -0.4 is 30.9 Å². The summed E-state index contributed by atoms with van der Waals surface area (Å²) in [4.78, 5) is 5.24. The minimum Gasteiger partial charge on any atom is -0.457 e. The van der Waals surface area contributed by atoms with Gasteiger partial charge in [0.2, 0.25) is 0 Å². The Morgan fingerprint density at radius 3 is 1.55 bits per heavy atom. The summed E-state index contributed by atoms with van der Waals surface area (Å²) < 4.78 is 8.16. The fourth-order valence-corrected chi connectivity index (χ4v) is 14.1. The Kier molecular flexibility index (Phi) is 9.57. The van der Waals surface area contributed by atoms with Crippen LogP contribution in [0.2, 0.25) is 0 Å². The number of ether oxygens (including phenoxy) is 1. The maximum atomic E-state index is 6.85. The molecule has 3 nitrogen and oxygen atoms in total.